The van der Waals surface area contributed by atoms with Crippen LogP contribution in [0.1, 0.15) is 144 Å². The number of imide groups is 6. The van der Waals surface area contributed by atoms with E-state index in [1.54, 1.807) is 72.8 Å². The van der Waals surface area contributed by atoms with Crippen LogP contribution in [0.3, 0.4) is 0 Å². The fraction of sp³-hybridized carbons (Fsp3) is 0.152. The smallest absolute Gasteiger partial charge is 0.258 e. The first kappa shape index (κ1) is 74.5. The molecule has 0 saturated heterocycles. The first-order valence-corrected chi connectivity index (χ1v) is 36.5. The van der Waals surface area contributed by atoms with Gasteiger partial charge in [0.15, 0.2) is 0 Å². The summed E-state index contributed by atoms with van der Waals surface area (Å²) in [7, 11) is 0. The number of rotatable bonds is 22. The van der Waals surface area contributed by atoms with Gasteiger partial charge in [0.05, 0.1) is 34.1 Å². The maximum atomic E-state index is 12.1. The second-order valence-electron chi connectivity index (χ2n) is 27.2. The molecule has 9 aromatic rings. The topological polar surface area (TPSA) is 224 Å². The van der Waals surface area contributed by atoms with Crippen LogP contribution in [0.2, 0.25) is 0 Å². The Morgan fingerprint density at radius 2 is 0.373 bits per heavy atom. The number of anilines is 6. The SMILES string of the molecule is CCC(C)c1ccc(C(c2ccc(N3C(=O)C=CC3=O)cc2)c2ccc(N3C(=O)C=CC3=O)cc2)cc1.CCCCc1ccc(C(c2ccc(N3C(=O)C=CC3=O)cc2)c2ccc(N3C(=O)C=CC3=O)cc2)cc1.CCCc1ccc(C(c2ccc(N3C(=O)C=CC3=O)cc2)c2ccc(N3C(=O)C=CC3=O)cc2)cc1. The lowest BCUT2D eigenvalue weighted by Gasteiger charge is -2.22. The third-order valence-corrected chi connectivity index (χ3v) is 20.2. The maximum Gasteiger partial charge on any atom is 0.258 e. The molecule has 6 aliphatic heterocycles. The minimum Gasteiger partial charge on any atom is -0.269 e. The van der Waals surface area contributed by atoms with E-state index in [2.05, 4.69) is 100 Å². The van der Waals surface area contributed by atoms with Crippen molar-refractivity contribution in [3.05, 3.63) is 358 Å². The van der Waals surface area contributed by atoms with Gasteiger partial charge in [0.25, 0.3) is 70.9 Å². The largest absolute Gasteiger partial charge is 0.269 e. The molecular formula is C92H76N6O12. The number of carbonyl (C=O) groups is 12. The number of nitrogens with zero attached hydrogens (tertiary/aromatic N) is 6. The average Bonchev–Trinajstić information content (AvgIpc) is 1.11. The molecule has 0 bridgehead atoms. The number of hydrogen-bond acceptors (Lipinski definition) is 12. The molecule has 18 nitrogen and oxygen atoms in total. The molecule has 0 saturated carbocycles. The van der Waals surface area contributed by atoms with Crippen molar-refractivity contribution in [2.24, 2.45) is 0 Å². The number of hydrogen-bond donors (Lipinski definition) is 0. The summed E-state index contributed by atoms with van der Waals surface area (Å²) in [5, 5.41) is 0. The molecule has 6 heterocycles. The second kappa shape index (κ2) is 33.0. The normalized spacial score (nSPS) is 15.4. The van der Waals surface area contributed by atoms with E-state index in [1.165, 1.54) is 89.6 Å². The molecule has 0 radical (unpaired) electrons. The molecular weight excluding hydrogens is 1380 g/mol. The summed E-state index contributed by atoms with van der Waals surface area (Å²) in [5.74, 6) is -4.20. The van der Waals surface area contributed by atoms with Crippen LogP contribution in [-0.2, 0) is 70.4 Å². The molecule has 110 heavy (non-hydrogen) atoms. The van der Waals surface area contributed by atoms with E-state index in [9.17, 15) is 57.5 Å². The highest BCUT2D eigenvalue weighted by atomic mass is 16.2. The Morgan fingerprint density at radius 3 is 0.545 bits per heavy atom. The van der Waals surface area contributed by atoms with Crippen molar-refractivity contribution >= 4 is 105 Å². The Kier molecular flexibility index (Phi) is 22.3. The van der Waals surface area contributed by atoms with Gasteiger partial charge >= 0.3 is 0 Å². The van der Waals surface area contributed by atoms with Crippen LogP contribution in [0.25, 0.3) is 0 Å². The lowest BCUT2D eigenvalue weighted by molar-refractivity contribution is -0.121. The quantitative estimate of drug-likeness (QED) is 0.0456. The molecule has 9 aromatic carbocycles. The summed E-state index contributed by atoms with van der Waals surface area (Å²) in [6.07, 6.45) is 21.7. The van der Waals surface area contributed by atoms with Crippen molar-refractivity contribution in [3.8, 4) is 0 Å². The summed E-state index contributed by atoms with van der Waals surface area (Å²) in [6, 6.07) is 70.1. The maximum absolute atomic E-state index is 12.1. The molecule has 1 unspecified atom stereocenters. The second-order valence-corrected chi connectivity index (χ2v) is 27.2. The van der Waals surface area contributed by atoms with Crippen molar-refractivity contribution in [1.82, 2.24) is 0 Å². The zero-order valence-corrected chi connectivity index (χ0v) is 60.8. The standard InChI is InChI=1S/2C31H26N2O4.C30H24N2O4/c1-3-20(2)21-4-6-22(7-5-21)31(23-8-12-25(13-9-23)32-27(34)16-17-28(32)35)24-10-14-26(15-11-24)33-29(36)18-19-30(33)37;1-2-3-4-21-5-7-22(8-6-21)31(23-9-13-25(14-10-23)32-27(34)17-18-28(32)35)24-11-15-26(16-12-24)33-29(36)19-20-30(33)37;1-2-3-20-4-6-21(7-5-20)30(22-8-12-24(13-9-22)31-26(33)16-17-27(31)34)23-10-14-25(15-11-23)32-28(35)18-19-29(32)36/h4-20,31H,3H2,1-2H3;5-20,31H,2-4H2,1H3;4-19,30H,2-3H2,1H3. The molecule has 12 amide bonds. The van der Waals surface area contributed by atoms with E-state index < -0.39 is 0 Å². The molecule has 0 aliphatic carbocycles. The van der Waals surface area contributed by atoms with Crippen LogP contribution < -0.4 is 29.4 Å². The third kappa shape index (κ3) is 15.9. The Hall–Kier alpha value is -13.7. The predicted molar refractivity (Wildman–Crippen MR) is 422 cm³/mol. The fourth-order valence-electron chi connectivity index (χ4n) is 14.2. The number of amides is 12. The van der Waals surface area contributed by atoms with Gasteiger partial charge in [0.2, 0.25) is 0 Å². The van der Waals surface area contributed by atoms with Gasteiger partial charge in [-0.3, -0.25) is 57.5 Å². The van der Waals surface area contributed by atoms with E-state index in [0.717, 1.165) is 118 Å². The Labute approximate surface area is 636 Å². The lowest BCUT2D eigenvalue weighted by atomic mass is 9.84. The van der Waals surface area contributed by atoms with E-state index in [-0.39, 0.29) is 88.6 Å². The van der Waals surface area contributed by atoms with Gasteiger partial charge in [0, 0.05) is 90.7 Å². The summed E-state index contributed by atoms with van der Waals surface area (Å²) in [5.41, 5.74) is 16.1. The first-order chi connectivity index (χ1) is 53.3. The van der Waals surface area contributed by atoms with Gasteiger partial charge in [-0.25, -0.2) is 29.4 Å². The molecule has 18 heteroatoms. The van der Waals surface area contributed by atoms with Crippen LogP contribution in [0.4, 0.5) is 34.1 Å². The number of aryl methyl sites for hydroxylation is 2. The monoisotopic (exact) mass is 1460 g/mol. The molecule has 0 spiro atoms. The molecule has 546 valence electrons. The Balaban J connectivity index is 0.000000145. The Morgan fingerprint density at radius 1 is 0.209 bits per heavy atom. The van der Waals surface area contributed by atoms with Crippen LogP contribution in [0.5, 0.6) is 0 Å². The van der Waals surface area contributed by atoms with Gasteiger partial charge in [-0.1, -0.05) is 186 Å². The van der Waals surface area contributed by atoms with E-state index in [0.29, 0.717) is 40.0 Å². The number of unbranched alkanes of at least 4 members (excludes halogenated alkanes) is 1. The minimum absolute atomic E-state index is 0.130. The summed E-state index contributed by atoms with van der Waals surface area (Å²) >= 11 is 0. The van der Waals surface area contributed by atoms with Gasteiger partial charge in [-0.15, -0.1) is 0 Å². The molecule has 1 atom stereocenters. The zero-order chi connectivity index (χ0) is 77.3. The average molecular weight is 1460 g/mol. The van der Waals surface area contributed by atoms with Crippen molar-refractivity contribution in [2.75, 3.05) is 29.4 Å². The third-order valence-electron chi connectivity index (χ3n) is 20.2. The highest BCUT2D eigenvalue weighted by Gasteiger charge is 2.33. The number of benzene rings is 9. The summed E-state index contributed by atoms with van der Waals surface area (Å²) in [4.78, 5) is 152. The van der Waals surface area contributed by atoms with Crippen molar-refractivity contribution in [3.63, 3.8) is 0 Å². The molecule has 0 aromatic heterocycles. The molecule has 6 aliphatic rings. The highest BCUT2D eigenvalue weighted by Crippen LogP contribution is 2.40. The molecule has 0 fully saturated rings. The van der Waals surface area contributed by atoms with Crippen LogP contribution in [0, 0.1) is 0 Å². The van der Waals surface area contributed by atoms with Gasteiger partial charge in [-0.05, 0) is 171 Å². The fourth-order valence-corrected chi connectivity index (χ4v) is 14.2. The van der Waals surface area contributed by atoms with E-state index in [4.69, 9.17) is 0 Å². The van der Waals surface area contributed by atoms with Gasteiger partial charge in [-0.2, -0.15) is 0 Å². The summed E-state index contributed by atoms with van der Waals surface area (Å²) in [6.45, 7) is 8.70. The lowest BCUT2D eigenvalue weighted by Crippen LogP contribution is -2.29. The van der Waals surface area contributed by atoms with Crippen LogP contribution in [-0.4, -0.2) is 70.9 Å². The van der Waals surface area contributed by atoms with Crippen LogP contribution in [0.15, 0.2) is 291 Å². The van der Waals surface area contributed by atoms with Crippen molar-refractivity contribution in [2.45, 2.75) is 89.9 Å². The van der Waals surface area contributed by atoms with E-state index in [1.807, 2.05) is 72.8 Å². The van der Waals surface area contributed by atoms with E-state index >= 15 is 0 Å². The predicted octanol–water partition coefficient (Wildman–Crippen LogP) is 15.0. The first-order valence-electron chi connectivity index (χ1n) is 36.5. The van der Waals surface area contributed by atoms with Gasteiger partial charge in [0.1, 0.15) is 0 Å². The van der Waals surface area contributed by atoms with Crippen molar-refractivity contribution < 1.29 is 57.5 Å². The van der Waals surface area contributed by atoms with Crippen LogP contribution >= 0.6 is 0 Å². The van der Waals surface area contributed by atoms with Gasteiger partial charge < -0.3 is 0 Å². The summed E-state index contributed by atoms with van der Waals surface area (Å²) < 4.78 is 0. The highest BCUT2D eigenvalue weighted by molar-refractivity contribution is 6.31. The number of carbonyl (C=O) groups excluding carboxylic acids is 12. The minimum atomic E-state index is -0.356. The zero-order valence-electron chi connectivity index (χ0n) is 60.8. The Bertz CT molecular complexity index is 4950. The molecule has 0 N–H and O–H groups in total. The molecule has 15 rings (SSSR count). The van der Waals surface area contributed by atoms with Crippen molar-refractivity contribution in [1.29, 1.82) is 0 Å².